The fourth-order valence-electron chi connectivity index (χ4n) is 1.92. The Morgan fingerprint density at radius 1 is 1.71 bits per heavy atom. The van der Waals surface area contributed by atoms with Gasteiger partial charge in [-0.15, -0.1) is 0 Å². The lowest BCUT2D eigenvalue weighted by atomic mass is 10.0. The van der Waals surface area contributed by atoms with Crippen LogP contribution in [0, 0.1) is 5.92 Å². The van der Waals surface area contributed by atoms with E-state index in [-0.39, 0.29) is 5.91 Å². The summed E-state index contributed by atoms with van der Waals surface area (Å²) in [5, 5.41) is 8.78. The summed E-state index contributed by atoms with van der Waals surface area (Å²) < 4.78 is 0. The van der Waals surface area contributed by atoms with Crippen LogP contribution in [0.3, 0.4) is 0 Å². The number of amides is 1. The Morgan fingerprint density at radius 2 is 2.36 bits per heavy atom. The second-order valence-electron chi connectivity index (χ2n) is 3.92. The van der Waals surface area contributed by atoms with Gasteiger partial charge in [0.1, 0.15) is 6.04 Å². The van der Waals surface area contributed by atoms with Crippen molar-refractivity contribution in [3.8, 4) is 0 Å². The summed E-state index contributed by atoms with van der Waals surface area (Å²) in [5.74, 6) is -0.580. The Balaban J connectivity index is 2.56. The molecule has 0 saturated carbocycles. The van der Waals surface area contributed by atoms with Crippen molar-refractivity contribution < 1.29 is 14.7 Å². The molecule has 0 unspecified atom stereocenters. The lowest BCUT2D eigenvalue weighted by Crippen LogP contribution is -2.39. The molecule has 14 heavy (non-hydrogen) atoms. The number of rotatable bonds is 4. The van der Waals surface area contributed by atoms with Gasteiger partial charge in [0.05, 0.1) is 0 Å². The first-order valence-electron chi connectivity index (χ1n) is 5.08. The summed E-state index contributed by atoms with van der Waals surface area (Å²) in [5.41, 5.74) is 0. The summed E-state index contributed by atoms with van der Waals surface area (Å²) in [6.45, 7) is 4.25. The van der Waals surface area contributed by atoms with Crippen molar-refractivity contribution in [3.63, 3.8) is 0 Å². The van der Waals surface area contributed by atoms with Crippen LogP contribution in [0.15, 0.2) is 0 Å². The van der Waals surface area contributed by atoms with Crippen molar-refractivity contribution in [2.45, 2.75) is 39.2 Å². The predicted octanol–water partition coefficient (Wildman–Crippen LogP) is 1.11. The average Bonchev–Trinajstić information content (AvgIpc) is 2.46. The summed E-state index contributed by atoms with van der Waals surface area (Å²) >= 11 is 0. The van der Waals surface area contributed by atoms with E-state index in [9.17, 15) is 9.59 Å². The Bertz CT molecular complexity index is 240. The van der Waals surface area contributed by atoms with E-state index in [0.29, 0.717) is 18.9 Å². The first-order valence-corrected chi connectivity index (χ1v) is 5.08. The minimum Gasteiger partial charge on any atom is -0.480 e. The van der Waals surface area contributed by atoms with E-state index in [2.05, 4.69) is 6.92 Å². The Morgan fingerprint density at radius 3 is 2.86 bits per heavy atom. The molecule has 1 N–H and O–H groups in total. The largest absolute Gasteiger partial charge is 0.480 e. The van der Waals surface area contributed by atoms with Crippen molar-refractivity contribution in [1.82, 2.24) is 4.90 Å². The summed E-state index contributed by atoms with van der Waals surface area (Å²) in [6.07, 6.45) is 2.58. The van der Waals surface area contributed by atoms with Crippen LogP contribution < -0.4 is 0 Å². The molecule has 1 fully saturated rings. The van der Waals surface area contributed by atoms with Crippen molar-refractivity contribution >= 4 is 11.9 Å². The highest BCUT2D eigenvalue weighted by Gasteiger charge is 2.34. The molecular weight excluding hydrogens is 182 g/mol. The molecule has 0 radical (unpaired) electrons. The molecule has 1 aliphatic heterocycles. The SMILES string of the molecule is CCC[C@@H]1CC(=O)N([C@@H](C)C(=O)O)C1. The second-order valence-corrected chi connectivity index (χ2v) is 3.92. The topological polar surface area (TPSA) is 57.6 Å². The molecule has 1 heterocycles. The lowest BCUT2D eigenvalue weighted by Gasteiger charge is -2.20. The monoisotopic (exact) mass is 199 g/mol. The maximum absolute atomic E-state index is 11.5. The number of carboxylic acid groups (broad SMARTS) is 1. The number of aliphatic carboxylic acids is 1. The van der Waals surface area contributed by atoms with Gasteiger partial charge in [-0.05, 0) is 19.3 Å². The van der Waals surface area contributed by atoms with Crippen LogP contribution in [0.25, 0.3) is 0 Å². The van der Waals surface area contributed by atoms with Crippen LogP contribution in [0.1, 0.15) is 33.1 Å². The summed E-state index contributed by atoms with van der Waals surface area (Å²) in [7, 11) is 0. The van der Waals surface area contributed by atoms with Gasteiger partial charge in [0, 0.05) is 13.0 Å². The smallest absolute Gasteiger partial charge is 0.326 e. The molecule has 4 heteroatoms. The summed E-state index contributed by atoms with van der Waals surface area (Å²) in [6, 6.07) is -0.677. The van der Waals surface area contributed by atoms with Gasteiger partial charge in [-0.1, -0.05) is 13.3 Å². The highest BCUT2D eigenvalue weighted by Crippen LogP contribution is 2.23. The van der Waals surface area contributed by atoms with Gasteiger partial charge in [0.25, 0.3) is 0 Å². The van der Waals surface area contributed by atoms with Gasteiger partial charge < -0.3 is 10.0 Å². The van der Waals surface area contributed by atoms with Crippen LogP contribution in [-0.4, -0.2) is 34.5 Å². The number of likely N-dealkylation sites (tertiary alicyclic amines) is 1. The number of hydrogen-bond donors (Lipinski definition) is 1. The Hall–Kier alpha value is -1.06. The normalized spacial score (nSPS) is 24.0. The van der Waals surface area contributed by atoms with Gasteiger partial charge in [-0.3, -0.25) is 4.79 Å². The van der Waals surface area contributed by atoms with Crippen molar-refractivity contribution in [3.05, 3.63) is 0 Å². The van der Waals surface area contributed by atoms with Gasteiger partial charge in [0.15, 0.2) is 0 Å². The van der Waals surface area contributed by atoms with E-state index in [1.54, 1.807) is 6.92 Å². The van der Waals surface area contributed by atoms with Crippen molar-refractivity contribution in [2.75, 3.05) is 6.54 Å². The van der Waals surface area contributed by atoms with Gasteiger partial charge in [-0.25, -0.2) is 4.79 Å². The number of nitrogens with zero attached hydrogens (tertiary/aromatic N) is 1. The third-order valence-corrected chi connectivity index (χ3v) is 2.76. The van der Waals surface area contributed by atoms with Crippen LogP contribution in [-0.2, 0) is 9.59 Å². The molecule has 80 valence electrons. The lowest BCUT2D eigenvalue weighted by molar-refractivity contribution is -0.147. The van der Waals surface area contributed by atoms with Crippen molar-refractivity contribution in [2.24, 2.45) is 5.92 Å². The van der Waals surface area contributed by atoms with E-state index in [0.717, 1.165) is 12.8 Å². The number of hydrogen-bond acceptors (Lipinski definition) is 2. The zero-order chi connectivity index (χ0) is 10.7. The van der Waals surface area contributed by atoms with E-state index in [1.807, 2.05) is 0 Å². The third-order valence-electron chi connectivity index (χ3n) is 2.76. The maximum atomic E-state index is 11.5. The predicted molar refractivity (Wildman–Crippen MR) is 51.8 cm³/mol. The van der Waals surface area contributed by atoms with Crippen LogP contribution in [0.2, 0.25) is 0 Å². The summed E-state index contributed by atoms with van der Waals surface area (Å²) in [4.78, 5) is 23.6. The fourth-order valence-corrected chi connectivity index (χ4v) is 1.92. The van der Waals surface area contributed by atoms with Gasteiger partial charge in [0.2, 0.25) is 5.91 Å². The highest BCUT2D eigenvalue weighted by molar-refractivity contribution is 5.85. The molecule has 1 aliphatic rings. The first-order chi connectivity index (χ1) is 6.56. The fraction of sp³-hybridized carbons (Fsp3) is 0.800. The average molecular weight is 199 g/mol. The highest BCUT2D eigenvalue weighted by atomic mass is 16.4. The van der Waals surface area contributed by atoms with E-state index >= 15 is 0 Å². The van der Waals surface area contributed by atoms with Crippen LogP contribution >= 0.6 is 0 Å². The molecule has 1 amide bonds. The molecule has 0 aromatic carbocycles. The molecule has 0 bridgehead atoms. The molecule has 0 aromatic rings. The maximum Gasteiger partial charge on any atom is 0.326 e. The zero-order valence-electron chi connectivity index (χ0n) is 8.69. The minimum absolute atomic E-state index is 0.0154. The van der Waals surface area contributed by atoms with Gasteiger partial charge >= 0.3 is 5.97 Å². The zero-order valence-corrected chi connectivity index (χ0v) is 8.69. The Kier molecular flexibility index (Phi) is 3.49. The Labute approximate surface area is 83.9 Å². The quantitative estimate of drug-likeness (QED) is 0.737. The van der Waals surface area contributed by atoms with Crippen LogP contribution in [0.4, 0.5) is 0 Å². The van der Waals surface area contributed by atoms with Gasteiger partial charge in [-0.2, -0.15) is 0 Å². The molecule has 4 nitrogen and oxygen atoms in total. The first kappa shape index (κ1) is 11.0. The minimum atomic E-state index is -0.921. The molecule has 0 aromatic heterocycles. The molecule has 1 saturated heterocycles. The standard InChI is InChI=1S/C10H17NO3/c1-3-4-8-5-9(12)11(6-8)7(2)10(13)14/h7-8H,3-6H2,1-2H3,(H,13,14)/t7-,8+/m0/s1. The molecule has 2 atom stereocenters. The number of carboxylic acids is 1. The molecular formula is C10H17NO3. The van der Waals surface area contributed by atoms with E-state index in [1.165, 1.54) is 4.90 Å². The van der Waals surface area contributed by atoms with Crippen LogP contribution in [0.5, 0.6) is 0 Å². The van der Waals surface area contributed by atoms with E-state index < -0.39 is 12.0 Å². The molecule has 0 aliphatic carbocycles. The molecule has 0 spiro atoms. The molecule has 1 rings (SSSR count). The van der Waals surface area contributed by atoms with Crippen molar-refractivity contribution in [1.29, 1.82) is 0 Å². The third kappa shape index (κ3) is 2.25. The number of carbonyl (C=O) groups is 2. The second kappa shape index (κ2) is 4.44. The number of carbonyl (C=O) groups excluding carboxylic acids is 1. The van der Waals surface area contributed by atoms with E-state index in [4.69, 9.17) is 5.11 Å².